The van der Waals surface area contributed by atoms with E-state index in [0.717, 1.165) is 10.9 Å². The van der Waals surface area contributed by atoms with Crippen LogP contribution in [0.25, 0.3) is 0 Å². The lowest BCUT2D eigenvalue weighted by Crippen LogP contribution is -2.36. The molecule has 1 N–H and O–H groups in total. The van der Waals surface area contributed by atoms with Crippen molar-refractivity contribution >= 4 is 6.09 Å². The van der Waals surface area contributed by atoms with Gasteiger partial charge >= 0.3 is 6.09 Å². The van der Waals surface area contributed by atoms with Crippen molar-refractivity contribution in [2.24, 2.45) is 0 Å². The van der Waals surface area contributed by atoms with E-state index in [9.17, 15) is 9.59 Å². The third kappa shape index (κ3) is 3.80. The summed E-state index contributed by atoms with van der Waals surface area (Å²) < 4.78 is 5.97. The van der Waals surface area contributed by atoms with E-state index in [0.29, 0.717) is 0 Å². The normalized spacial score (nSPS) is 10.9. The lowest BCUT2D eigenvalue weighted by molar-refractivity contribution is 0.0612. The number of aromatic nitrogens is 2. The molecule has 6 nitrogen and oxygen atoms in total. The van der Waals surface area contributed by atoms with Gasteiger partial charge in [-0.1, -0.05) is 0 Å². The summed E-state index contributed by atoms with van der Waals surface area (Å²) in [5.74, 6) is 0. The highest BCUT2D eigenvalue weighted by Gasteiger charge is 2.16. The molecule has 1 heterocycles. The minimum atomic E-state index is -0.684. The molecule has 0 saturated heterocycles. The molecule has 15 heavy (non-hydrogen) atoms. The molecule has 1 amide bonds. The maximum Gasteiger partial charge on any atom is 0.427 e. The van der Waals surface area contributed by atoms with Gasteiger partial charge < -0.3 is 4.74 Å². The highest BCUT2D eigenvalue weighted by Crippen LogP contribution is 2.06. The Balaban J connectivity index is 2.68. The molecule has 0 aliphatic rings. The van der Waals surface area contributed by atoms with Gasteiger partial charge in [0.1, 0.15) is 5.60 Å². The molecular weight excluding hydrogens is 198 g/mol. The molecule has 82 valence electrons. The van der Waals surface area contributed by atoms with Crippen molar-refractivity contribution in [2.45, 2.75) is 26.4 Å². The number of hydrogen-bond acceptors (Lipinski definition) is 4. The van der Waals surface area contributed by atoms with Crippen molar-refractivity contribution in [1.29, 1.82) is 0 Å². The summed E-state index contributed by atoms with van der Waals surface area (Å²) >= 11 is 0. The quantitative estimate of drug-likeness (QED) is 0.742. The molecule has 0 aliphatic carbocycles. The van der Waals surface area contributed by atoms with Gasteiger partial charge in [0.25, 0.3) is 5.56 Å². The molecule has 1 aromatic rings. The first-order chi connectivity index (χ1) is 6.88. The molecule has 0 bridgehead atoms. The highest BCUT2D eigenvalue weighted by atomic mass is 16.6. The fourth-order valence-corrected chi connectivity index (χ4v) is 0.839. The third-order valence-corrected chi connectivity index (χ3v) is 1.33. The Morgan fingerprint density at radius 2 is 2.20 bits per heavy atom. The zero-order valence-electron chi connectivity index (χ0n) is 8.85. The minimum Gasteiger partial charge on any atom is -0.443 e. The average molecular weight is 211 g/mol. The number of amides is 1. The first-order valence-corrected chi connectivity index (χ1v) is 4.41. The largest absolute Gasteiger partial charge is 0.443 e. The first-order valence-electron chi connectivity index (χ1n) is 4.41. The molecule has 0 atom stereocenters. The van der Waals surface area contributed by atoms with Crippen molar-refractivity contribution in [3.8, 4) is 0 Å². The molecule has 0 spiro atoms. The van der Waals surface area contributed by atoms with Gasteiger partial charge in [-0.25, -0.2) is 14.9 Å². The van der Waals surface area contributed by atoms with Gasteiger partial charge in [0.15, 0.2) is 0 Å². The van der Waals surface area contributed by atoms with Crippen molar-refractivity contribution in [3.05, 3.63) is 28.9 Å². The average Bonchev–Trinajstić information content (AvgIpc) is 2.05. The molecule has 1 rings (SSSR count). The van der Waals surface area contributed by atoms with Gasteiger partial charge in [0.2, 0.25) is 0 Å². The molecule has 0 aliphatic heterocycles. The van der Waals surface area contributed by atoms with E-state index >= 15 is 0 Å². The minimum absolute atomic E-state index is 0.427. The van der Waals surface area contributed by atoms with Crippen LogP contribution in [-0.2, 0) is 4.74 Å². The number of nitrogens with zero attached hydrogens (tertiary/aromatic N) is 2. The van der Waals surface area contributed by atoms with Crippen molar-refractivity contribution in [1.82, 2.24) is 9.66 Å². The first kappa shape index (κ1) is 11.2. The Morgan fingerprint density at radius 3 is 2.73 bits per heavy atom. The van der Waals surface area contributed by atoms with E-state index in [1.807, 2.05) is 0 Å². The fourth-order valence-electron chi connectivity index (χ4n) is 0.839. The summed E-state index contributed by atoms with van der Waals surface area (Å²) in [6, 6.07) is 0. The van der Waals surface area contributed by atoms with Crippen molar-refractivity contribution < 1.29 is 9.53 Å². The Kier molecular flexibility index (Phi) is 3.08. The van der Waals surface area contributed by atoms with Gasteiger partial charge in [-0.15, -0.1) is 0 Å². The number of rotatable bonds is 1. The Hall–Kier alpha value is -1.85. The third-order valence-electron chi connectivity index (χ3n) is 1.33. The monoisotopic (exact) mass is 211 g/mol. The number of ether oxygens (including phenoxy) is 1. The van der Waals surface area contributed by atoms with E-state index in [1.54, 1.807) is 20.8 Å². The molecule has 0 unspecified atom stereocenters. The molecular formula is C9H13N3O3. The van der Waals surface area contributed by atoms with Crippen LogP contribution in [0.2, 0.25) is 0 Å². The van der Waals surface area contributed by atoms with Crippen LogP contribution in [0.3, 0.4) is 0 Å². The van der Waals surface area contributed by atoms with Crippen LogP contribution in [0.1, 0.15) is 20.8 Å². The summed E-state index contributed by atoms with van der Waals surface area (Å²) in [6.45, 7) is 5.21. The molecule has 1 aromatic heterocycles. The lowest BCUT2D eigenvalue weighted by atomic mass is 10.2. The zero-order valence-corrected chi connectivity index (χ0v) is 8.85. The maximum atomic E-state index is 11.3. The van der Waals surface area contributed by atoms with Crippen molar-refractivity contribution in [2.75, 3.05) is 5.43 Å². The van der Waals surface area contributed by atoms with Crippen LogP contribution >= 0.6 is 0 Å². The number of carbonyl (C=O) groups excluding carboxylic acids is 1. The summed E-state index contributed by atoms with van der Waals surface area (Å²) in [5, 5.41) is 0. The van der Waals surface area contributed by atoms with Crippen LogP contribution in [0, 0.1) is 0 Å². The van der Waals surface area contributed by atoms with Crippen LogP contribution in [0.15, 0.2) is 23.4 Å². The summed E-state index contributed by atoms with van der Waals surface area (Å²) in [7, 11) is 0. The SMILES string of the molecule is CC(C)(C)OC(=O)Nn1ccncc1=O. The Labute approximate surface area is 86.9 Å². The second kappa shape index (κ2) is 4.12. The molecule has 0 saturated carbocycles. The second-order valence-corrected chi connectivity index (χ2v) is 3.90. The number of hydrogen-bond donors (Lipinski definition) is 1. The standard InChI is InChI=1S/C9H13N3O3/c1-9(2,3)15-8(14)11-12-5-4-10-6-7(12)13/h4-6H,1-3H3,(H,11,14). The second-order valence-electron chi connectivity index (χ2n) is 3.90. The van der Waals surface area contributed by atoms with Gasteiger partial charge in [-0.3, -0.25) is 9.78 Å². The van der Waals surface area contributed by atoms with Gasteiger partial charge in [0, 0.05) is 12.4 Å². The van der Waals surface area contributed by atoms with E-state index in [-0.39, 0.29) is 0 Å². The van der Waals surface area contributed by atoms with E-state index in [4.69, 9.17) is 4.74 Å². The van der Waals surface area contributed by atoms with Gasteiger partial charge in [0.05, 0.1) is 6.20 Å². The summed E-state index contributed by atoms with van der Waals surface area (Å²) in [5.41, 5.74) is 1.25. The van der Waals surface area contributed by atoms with Crippen LogP contribution in [0.5, 0.6) is 0 Å². The summed E-state index contributed by atoms with van der Waals surface area (Å²) in [6.07, 6.45) is 3.14. The van der Waals surface area contributed by atoms with Crippen LogP contribution < -0.4 is 11.0 Å². The molecule has 0 fully saturated rings. The van der Waals surface area contributed by atoms with E-state index in [2.05, 4.69) is 10.4 Å². The van der Waals surface area contributed by atoms with Crippen LogP contribution in [0.4, 0.5) is 4.79 Å². The Bertz CT molecular complexity index is 406. The van der Waals surface area contributed by atoms with E-state index < -0.39 is 17.3 Å². The topological polar surface area (TPSA) is 73.2 Å². The summed E-state index contributed by atoms with van der Waals surface area (Å²) in [4.78, 5) is 26.0. The lowest BCUT2D eigenvalue weighted by Gasteiger charge is -2.19. The van der Waals surface area contributed by atoms with Gasteiger partial charge in [-0.2, -0.15) is 0 Å². The predicted molar refractivity (Wildman–Crippen MR) is 54.1 cm³/mol. The molecule has 0 radical (unpaired) electrons. The number of nitrogens with one attached hydrogen (secondary N) is 1. The molecule has 0 aromatic carbocycles. The molecule has 6 heteroatoms. The Morgan fingerprint density at radius 1 is 1.53 bits per heavy atom. The maximum absolute atomic E-state index is 11.3. The highest BCUT2D eigenvalue weighted by molar-refractivity contribution is 5.76. The fraction of sp³-hybridized carbons (Fsp3) is 0.444. The zero-order chi connectivity index (χ0) is 11.5. The van der Waals surface area contributed by atoms with Gasteiger partial charge in [-0.05, 0) is 20.8 Å². The van der Waals surface area contributed by atoms with Crippen LogP contribution in [-0.4, -0.2) is 21.4 Å². The smallest absolute Gasteiger partial charge is 0.427 e. The van der Waals surface area contributed by atoms with E-state index in [1.165, 1.54) is 12.4 Å². The predicted octanol–water partition coefficient (Wildman–Crippen LogP) is 0.722. The number of carbonyl (C=O) groups is 1. The van der Waals surface area contributed by atoms with Crippen molar-refractivity contribution in [3.63, 3.8) is 0 Å².